The van der Waals surface area contributed by atoms with Crippen molar-refractivity contribution < 1.29 is 18.3 Å². The maximum Gasteiger partial charge on any atom is 0.338 e. The third-order valence-corrected chi connectivity index (χ3v) is 6.28. The minimum absolute atomic E-state index is 0.213. The zero-order valence-corrected chi connectivity index (χ0v) is 18.7. The first-order chi connectivity index (χ1) is 15.7. The molecule has 10 nitrogen and oxygen atoms in total. The molecule has 3 N–H and O–H groups in total. The van der Waals surface area contributed by atoms with Crippen molar-refractivity contribution in [2.45, 2.75) is 4.90 Å². The number of aromatic carboxylic acids is 1. The molecule has 0 saturated heterocycles. The molecule has 5 aromatic rings. The van der Waals surface area contributed by atoms with Gasteiger partial charge in [-0.3, -0.25) is 15.0 Å². The Morgan fingerprint density at radius 1 is 0.970 bits per heavy atom. The number of fused-ring (bicyclic) bond motifs is 2. The van der Waals surface area contributed by atoms with Gasteiger partial charge in [0.05, 0.1) is 33.2 Å². The van der Waals surface area contributed by atoms with Gasteiger partial charge in [0.15, 0.2) is 9.84 Å². The highest BCUT2D eigenvalue weighted by Crippen LogP contribution is 2.30. The summed E-state index contributed by atoms with van der Waals surface area (Å²) in [5.41, 5.74) is 11.7. The van der Waals surface area contributed by atoms with Crippen LogP contribution in [-0.2, 0) is 9.84 Å². The Kier molecular flexibility index (Phi) is 5.94. The van der Waals surface area contributed by atoms with Crippen LogP contribution in [-0.4, -0.2) is 49.4 Å². The van der Waals surface area contributed by atoms with Crippen LogP contribution in [0.5, 0.6) is 0 Å². The second kappa shape index (κ2) is 8.84. The van der Waals surface area contributed by atoms with Crippen molar-refractivity contribution in [1.82, 2.24) is 23.7 Å². The summed E-state index contributed by atoms with van der Waals surface area (Å²) in [5.74, 6) is -1.30. The van der Waals surface area contributed by atoms with Gasteiger partial charge in [-0.25, -0.2) is 13.2 Å². The molecule has 12 heteroatoms. The molecule has 0 amide bonds. The number of nitrogen functional groups attached to an aromatic ring is 1. The highest BCUT2D eigenvalue weighted by Gasteiger charge is 2.17. The first-order valence-corrected chi connectivity index (χ1v) is 12.0. The number of benzene rings is 2. The fourth-order valence-electron chi connectivity index (χ4n) is 3.13. The Hall–Kier alpha value is -4.03. The Morgan fingerprint density at radius 3 is 2.45 bits per heavy atom. The van der Waals surface area contributed by atoms with Gasteiger partial charge in [-0.2, -0.15) is 8.75 Å². The maximum atomic E-state index is 11.1. The van der Waals surface area contributed by atoms with E-state index in [1.54, 1.807) is 12.4 Å². The molecule has 166 valence electrons. The van der Waals surface area contributed by atoms with Crippen LogP contribution in [0.2, 0.25) is 0 Å². The average molecular weight is 481 g/mol. The first kappa shape index (κ1) is 22.2. The monoisotopic (exact) mass is 480 g/mol. The first-order valence-electron chi connectivity index (χ1n) is 9.34. The van der Waals surface area contributed by atoms with E-state index < -0.39 is 15.8 Å². The lowest BCUT2D eigenvalue weighted by Gasteiger charge is -2.07. The molecular weight excluding hydrogens is 464 g/mol. The van der Waals surface area contributed by atoms with Gasteiger partial charge < -0.3 is 10.8 Å². The van der Waals surface area contributed by atoms with Gasteiger partial charge in [-0.1, -0.05) is 6.07 Å². The largest absolute Gasteiger partial charge is 0.478 e. The van der Waals surface area contributed by atoms with Crippen LogP contribution in [0.1, 0.15) is 10.4 Å². The summed E-state index contributed by atoms with van der Waals surface area (Å²) in [6, 6.07) is 10.9. The van der Waals surface area contributed by atoms with E-state index in [0.717, 1.165) is 45.6 Å². The minimum Gasteiger partial charge on any atom is -0.478 e. The lowest BCUT2D eigenvalue weighted by Crippen LogP contribution is -2.07. The molecule has 0 aliphatic carbocycles. The van der Waals surface area contributed by atoms with Crippen LogP contribution >= 0.6 is 11.7 Å². The number of carboxylic acids is 1. The van der Waals surface area contributed by atoms with Crippen LogP contribution < -0.4 is 5.73 Å². The zero-order valence-electron chi connectivity index (χ0n) is 17.1. The van der Waals surface area contributed by atoms with E-state index in [-0.39, 0.29) is 10.5 Å². The average Bonchev–Trinajstić information content (AvgIpc) is 3.26. The van der Waals surface area contributed by atoms with E-state index in [9.17, 15) is 13.2 Å². The van der Waals surface area contributed by atoms with Crippen molar-refractivity contribution in [1.29, 1.82) is 0 Å². The van der Waals surface area contributed by atoms with E-state index in [2.05, 4.69) is 23.7 Å². The Bertz CT molecular complexity index is 1600. The van der Waals surface area contributed by atoms with Crippen molar-refractivity contribution in [3.05, 3.63) is 66.7 Å². The number of sulfone groups is 1. The van der Waals surface area contributed by atoms with Gasteiger partial charge in [0.25, 0.3) is 0 Å². The summed E-state index contributed by atoms with van der Waals surface area (Å²) in [6.45, 7) is 0. The van der Waals surface area contributed by atoms with Gasteiger partial charge in [0, 0.05) is 42.3 Å². The summed E-state index contributed by atoms with van der Waals surface area (Å²) in [6.07, 6.45) is 6.56. The second-order valence-electron chi connectivity index (χ2n) is 6.91. The standard InChI is InChI=1S/C14H9N5S.C7H7NO4S/c15-9-6-10(14-13(7-9)16-3-4-17-14)8-1-2-11-12(5-8)19-20-18-11;1-13(11,12)6-2-3-8-4-5(6)7(9)10/h1-7H,15H2;2-4H,1H3,(H,9,10). The highest BCUT2D eigenvalue weighted by atomic mass is 32.2. The number of rotatable bonds is 3. The second-order valence-corrected chi connectivity index (χ2v) is 9.42. The topological polar surface area (TPSA) is 162 Å². The van der Waals surface area contributed by atoms with Crippen LogP contribution in [0.3, 0.4) is 0 Å². The molecule has 0 atom stereocenters. The van der Waals surface area contributed by atoms with Crippen molar-refractivity contribution >= 4 is 55.3 Å². The summed E-state index contributed by atoms with van der Waals surface area (Å²) in [7, 11) is -3.50. The Balaban J connectivity index is 0.000000174. The van der Waals surface area contributed by atoms with E-state index >= 15 is 0 Å². The molecule has 3 aromatic heterocycles. The number of hydrogen-bond donors (Lipinski definition) is 2. The molecule has 0 fully saturated rings. The number of nitrogens with zero attached hydrogens (tertiary/aromatic N) is 5. The molecule has 0 aliphatic heterocycles. The van der Waals surface area contributed by atoms with Gasteiger partial charge >= 0.3 is 5.97 Å². The van der Waals surface area contributed by atoms with E-state index in [4.69, 9.17) is 10.8 Å². The Morgan fingerprint density at radius 2 is 1.73 bits per heavy atom. The maximum absolute atomic E-state index is 11.1. The normalized spacial score (nSPS) is 11.2. The van der Waals surface area contributed by atoms with E-state index in [1.165, 1.54) is 24.0 Å². The molecule has 0 radical (unpaired) electrons. The van der Waals surface area contributed by atoms with Crippen LogP contribution in [0.25, 0.3) is 33.2 Å². The number of pyridine rings is 1. The van der Waals surface area contributed by atoms with Gasteiger partial charge in [-0.05, 0) is 35.9 Å². The minimum atomic E-state index is -3.50. The van der Waals surface area contributed by atoms with Crippen LogP contribution in [0, 0.1) is 0 Å². The molecule has 2 aromatic carbocycles. The summed E-state index contributed by atoms with van der Waals surface area (Å²) >= 11 is 1.21. The number of carboxylic acid groups (broad SMARTS) is 1. The van der Waals surface area contributed by atoms with Gasteiger partial charge in [0.1, 0.15) is 11.0 Å². The van der Waals surface area contributed by atoms with Gasteiger partial charge in [-0.15, -0.1) is 0 Å². The van der Waals surface area contributed by atoms with Gasteiger partial charge in [0.2, 0.25) is 0 Å². The molecule has 0 bridgehead atoms. The number of aromatic nitrogens is 5. The summed E-state index contributed by atoms with van der Waals surface area (Å²) in [4.78, 5) is 22.6. The predicted octanol–water partition coefficient (Wildman–Crippen LogP) is 3.07. The number of carbonyl (C=O) groups is 1. The SMILES string of the molecule is CS(=O)(=O)c1ccncc1C(=O)O.Nc1cc(-c2ccc3nsnc3c2)c2nccnc2c1. The molecule has 3 heterocycles. The fraction of sp³-hybridized carbons (Fsp3) is 0.0476. The third kappa shape index (κ3) is 4.76. The molecule has 0 saturated carbocycles. The Labute approximate surface area is 192 Å². The lowest BCUT2D eigenvalue weighted by atomic mass is 10.0. The van der Waals surface area contributed by atoms with Crippen LogP contribution in [0.15, 0.2) is 66.1 Å². The lowest BCUT2D eigenvalue weighted by molar-refractivity contribution is 0.0692. The fourth-order valence-corrected chi connectivity index (χ4v) is 4.50. The number of anilines is 1. The van der Waals surface area contributed by atoms with E-state index in [1.807, 2.05) is 30.3 Å². The third-order valence-electron chi connectivity index (χ3n) is 4.57. The van der Waals surface area contributed by atoms with Crippen molar-refractivity contribution in [3.8, 4) is 11.1 Å². The summed E-state index contributed by atoms with van der Waals surface area (Å²) < 4.78 is 30.6. The number of hydrogen-bond acceptors (Lipinski definition) is 10. The zero-order chi connectivity index (χ0) is 23.6. The van der Waals surface area contributed by atoms with Crippen LogP contribution in [0.4, 0.5) is 5.69 Å². The summed E-state index contributed by atoms with van der Waals surface area (Å²) in [5, 5.41) is 8.62. The smallest absolute Gasteiger partial charge is 0.338 e. The van der Waals surface area contributed by atoms with Crippen molar-refractivity contribution in [3.63, 3.8) is 0 Å². The molecule has 33 heavy (non-hydrogen) atoms. The molecule has 5 rings (SSSR count). The number of nitrogens with two attached hydrogens (primary N) is 1. The molecular formula is C21H16N6O4S2. The van der Waals surface area contributed by atoms with Crippen molar-refractivity contribution in [2.75, 3.05) is 12.0 Å². The van der Waals surface area contributed by atoms with Crippen molar-refractivity contribution in [2.24, 2.45) is 0 Å². The predicted molar refractivity (Wildman–Crippen MR) is 125 cm³/mol. The molecule has 0 unspecified atom stereocenters. The highest BCUT2D eigenvalue weighted by molar-refractivity contribution is 7.90. The van der Waals surface area contributed by atoms with E-state index in [0.29, 0.717) is 5.69 Å². The molecule has 0 spiro atoms. The molecule has 0 aliphatic rings. The quantitative estimate of drug-likeness (QED) is 0.367.